The van der Waals surface area contributed by atoms with E-state index in [4.69, 9.17) is 9.47 Å². The lowest BCUT2D eigenvalue weighted by molar-refractivity contribution is -0.121. The van der Waals surface area contributed by atoms with E-state index < -0.39 is 6.10 Å². The summed E-state index contributed by atoms with van der Waals surface area (Å²) < 4.78 is 10.4. The van der Waals surface area contributed by atoms with E-state index in [-0.39, 0.29) is 18.1 Å². The summed E-state index contributed by atoms with van der Waals surface area (Å²) in [5.74, 6) is 1.28. The third kappa shape index (κ3) is 5.67. The Balaban J connectivity index is 1.78. The molecule has 0 saturated carbocycles. The van der Waals surface area contributed by atoms with Crippen LogP contribution < -0.4 is 14.8 Å². The van der Waals surface area contributed by atoms with Gasteiger partial charge in [-0.3, -0.25) is 4.79 Å². The van der Waals surface area contributed by atoms with E-state index in [1.54, 1.807) is 37.4 Å². The minimum absolute atomic E-state index is 0.115. The fourth-order valence-electron chi connectivity index (χ4n) is 2.61. The van der Waals surface area contributed by atoms with Gasteiger partial charge in [0.25, 0.3) is 0 Å². The molecular weight excluding hydrogens is 334 g/mol. The molecule has 2 aromatic carbocycles. The van der Waals surface area contributed by atoms with Crippen molar-refractivity contribution in [3.8, 4) is 17.2 Å². The third-order valence-corrected chi connectivity index (χ3v) is 4.12. The van der Waals surface area contributed by atoms with E-state index in [1.165, 1.54) is 7.11 Å². The topological polar surface area (TPSA) is 88.0 Å². The summed E-state index contributed by atoms with van der Waals surface area (Å²) in [6, 6.07) is 12.1. The van der Waals surface area contributed by atoms with Crippen LogP contribution in [-0.4, -0.2) is 36.9 Å². The van der Waals surface area contributed by atoms with Gasteiger partial charge in [0, 0.05) is 24.6 Å². The number of carbonyl (C=O) groups is 1. The molecule has 2 aromatic rings. The van der Waals surface area contributed by atoms with E-state index in [0.29, 0.717) is 36.4 Å². The molecule has 0 fully saturated rings. The van der Waals surface area contributed by atoms with Gasteiger partial charge in [0.1, 0.15) is 17.2 Å². The second kappa shape index (κ2) is 9.68. The molecule has 0 aliphatic heterocycles. The molecule has 6 heteroatoms. The van der Waals surface area contributed by atoms with E-state index in [2.05, 4.69) is 5.32 Å². The zero-order valence-corrected chi connectivity index (χ0v) is 15.1. The third-order valence-electron chi connectivity index (χ3n) is 4.12. The number of hydrogen-bond donors (Lipinski definition) is 3. The molecule has 1 unspecified atom stereocenters. The standard InChI is InChI=1S/C20H25NO5/c1-25-16-7-8-17(19(13-16)26-2)18(23)9-10-20(24)21-12-11-14-3-5-15(22)6-4-14/h3-8,13,18,22-23H,9-12H2,1-2H3,(H,21,24). The van der Waals surface area contributed by atoms with Gasteiger partial charge in [0.05, 0.1) is 20.3 Å². The molecule has 0 saturated heterocycles. The van der Waals surface area contributed by atoms with Crippen molar-refractivity contribution in [2.24, 2.45) is 0 Å². The Morgan fingerprint density at radius 1 is 1.12 bits per heavy atom. The molecule has 6 nitrogen and oxygen atoms in total. The average molecular weight is 359 g/mol. The van der Waals surface area contributed by atoms with Gasteiger partial charge in [0.15, 0.2) is 0 Å². The predicted molar refractivity (Wildman–Crippen MR) is 98.6 cm³/mol. The summed E-state index contributed by atoms with van der Waals surface area (Å²) in [6.07, 6.45) is 0.402. The molecular formula is C20H25NO5. The van der Waals surface area contributed by atoms with Crippen LogP contribution in [0.1, 0.15) is 30.1 Å². The molecule has 26 heavy (non-hydrogen) atoms. The highest BCUT2D eigenvalue weighted by atomic mass is 16.5. The molecule has 0 bridgehead atoms. The van der Waals surface area contributed by atoms with Crippen molar-refractivity contribution >= 4 is 5.91 Å². The van der Waals surface area contributed by atoms with Crippen molar-refractivity contribution in [2.75, 3.05) is 20.8 Å². The highest BCUT2D eigenvalue weighted by Crippen LogP contribution is 2.31. The molecule has 1 amide bonds. The van der Waals surface area contributed by atoms with Crippen molar-refractivity contribution in [3.63, 3.8) is 0 Å². The zero-order valence-electron chi connectivity index (χ0n) is 15.1. The van der Waals surface area contributed by atoms with E-state index in [1.807, 2.05) is 12.1 Å². The summed E-state index contributed by atoms with van der Waals surface area (Å²) >= 11 is 0. The fourth-order valence-corrected chi connectivity index (χ4v) is 2.61. The Hall–Kier alpha value is -2.73. The number of aliphatic hydroxyl groups excluding tert-OH is 1. The first-order valence-electron chi connectivity index (χ1n) is 8.48. The zero-order chi connectivity index (χ0) is 18.9. The second-order valence-electron chi connectivity index (χ2n) is 5.93. The molecule has 0 aromatic heterocycles. The number of ether oxygens (including phenoxy) is 2. The predicted octanol–water partition coefficient (Wildman–Crippen LogP) is 2.58. The van der Waals surface area contributed by atoms with Crippen molar-refractivity contribution in [1.29, 1.82) is 0 Å². The van der Waals surface area contributed by atoms with Gasteiger partial charge >= 0.3 is 0 Å². The lowest BCUT2D eigenvalue weighted by Gasteiger charge is -2.15. The van der Waals surface area contributed by atoms with Gasteiger partial charge < -0.3 is 25.0 Å². The Kier molecular flexibility index (Phi) is 7.29. The van der Waals surface area contributed by atoms with E-state index >= 15 is 0 Å². The Bertz CT molecular complexity index is 715. The van der Waals surface area contributed by atoms with Crippen LogP contribution in [0.25, 0.3) is 0 Å². The van der Waals surface area contributed by atoms with Crippen LogP contribution >= 0.6 is 0 Å². The van der Waals surface area contributed by atoms with Crippen LogP contribution in [0, 0.1) is 0 Å². The van der Waals surface area contributed by atoms with Crippen LogP contribution in [0.3, 0.4) is 0 Å². The molecule has 3 N–H and O–H groups in total. The summed E-state index contributed by atoms with van der Waals surface area (Å²) in [7, 11) is 3.09. The van der Waals surface area contributed by atoms with Gasteiger partial charge in [-0.05, 0) is 42.7 Å². The number of nitrogens with one attached hydrogen (secondary N) is 1. The first kappa shape index (κ1) is 19.6. The number of carbonyl (C=O) groups excluding carboxylic acids is 1. The Labute approximate surface area is 153 Å². The molecule has 2 rings (SSSR count). The number of benzene rings is 2. The van der Waals surface area contributed by atoms with Crippen molar-refractivity contribution in [1.82, 2.24) is 5.32 Å². The molecule has 0 aliphatic carbocycles. The molecule has 0 aliphatic rings. The van der Waals surface area contributed by atoms with Crippen LogP contribution in [0.15, 0.2) is 42.5 Å². The normalized spacial score (nSPS) is 11.7. The molecule has 0 heterocycles. The lowest BCUT2D eigenvalue weighted by Crippen LogP contribution is -2.25. The van der Waals surface area contributed by atoms with Crippen LogP contribution in [-0.2, 0) is 11.2 Å². The number of aromatic hydroxyl groups is 1. The first-order valence-corrected chi connectivity index (χ1v) is 8.48. The number of rotatable bonds is 9. The number of hydrogen-bond acceptors (Lipinski definition) is 5. The summed E-state index contributed by atoms with van der Waals surface area (Å²) in [6.45, 7) is 0.506. The SMILES string of the molecule is COc1ccc(C(O)CCC(=O)NCCc2ccc(O)cc2)c(OC)c1. The minimum atomic E-state index is -0.793. The maximum absolute atomic E-state index is 12.0. The Morgan fingerprint density at radius 2 is 1.85 bits per heavy atom. The highest BCUT2D eigenvalue weighted by molar-refractivity contribution is 5.75. The average Bonchev–Trinajstić information content (AvgIpc) is 2.67. The van der Waals surface area contributed by atoms with Gasteiger partial charge in [-0.1, -0.05) is 12.1 Å². The molecule has 0 spiro atoms. The number of amides is 1. The van der Waals surface area contributed by atoms with Crippen molar-refractivity contribution in [2.45, 2.75) is 25.4 Å². The number of phenols is 1. The smallest absolute Gasteiger partial charge is 0.220 e. The number of phenolic OH excluding ortho intramolecular Hbond substituents is 1. The number of aliphatic hydroxyl groups is 1. The first-order chi connectivity index (χ1) is 12.5. The van der Waals surface area contributed by atoms with Crippen molar-refractivity contribution < 1.29 is 24.5 Å². The second-order valence-corrected chi connectivity index (χ2v) is 5.93. The summed E-state index contributed by atoms with van der Waals surface area (Å²) in [5, 5.41) is 22.4. The fraction of sp³-hybridized carbons (Fsp3) is 0.350. The quantitative estimate of drug-likeness (QED) is 0.640. The molecule has 140 valence electrons. The Morgan fingerprint density at radius 3 is 2.50 bits per heavy atom. The van der Waals surface area contributed by atoms with Gasteiger partial charge in [-0.25, -0.2) is 0 Å². The van der Waals surface area contributed by atoms with Crippen LogP contribution in [0.4, 0.5) is 0 Å². The van der Waals surface area contributed by atoms with Gasteiger partial charge in [-0.15, -0.1) is 0 Å². The van der Waals surface area contributed by atoms with Gasteiger partial charge in [-0.2, -0.15) is 0 Å². The number of methoxy groups -OCH3 is 2. The molecule has 0 radical (unpaired) electrons. The monoisotopic (exact) mass is 359 g/mol. The maximum atomic E-state index is 12.0. The molecule has 1 atom stereocenters. The highest BCUT2D eigenvalue weighted by Gasteiger charge is 2.15. The maximum Gasteiger partial charge on any atom is 0.220 e. The summed E-state index contributed by atoms with van der Waals surface area (Å²) in [4.78, 5) is 12.0. The van der Waals surface area contributed by atoms with Gasteiger partial charge in [0.2, 0.25) is 5.91 Å². The largest absolute Gasteiger partial charge is 0.508 e. The lowest BCUT2D eigenvalue weighted by atomic mass is 10.0. The minimum Gasteiger partial charge on any atom is -0.508 e. The van der Waals surface area contributed by atoms with E-state index in [0.717, 1.165) is 5.56 Å². The summed E-state index contributed by atoms with van der Waals surface area (Å²) in [5.41, 5.74) is 1.66. The van der Waals surface area contributed by atoms with E-state index in [9.17, 15) is 15.0 Å². The van der Waals surface area contributed by atoms with Crippen LogP contribution in [0.5, 0.6) is 17.2 Å². The van der Waals surface area contributed by atoms with Crippen molar-refractivity contribution in [3.05, 3.63) is 53.6 Å². The van der Waals surface area contributed by atoms with Crippen LogP contribution in [0.2, 0.25) is 0 Å².